The molecule has 1 unspecified atom stereocenters. The average Bonchev–Trinajstić information content (AvgIpc) is 2.37. The van der Waals surface area contributed by atoms with Gasteiger partial charge in [0.05, 0.1) is 18.1 Å². The number of anilines is 1. The van der Waals surface area contributed by atoms with Crippen LogP contribution in [0, 0.1) is 17.2 Å². The van der Waals surface area contributed by atoms with Gasteiger partial charge in [0.2, 0.25) is 0 Å². The Hall–Kier alpha value is -1.53. The molecule has 1 N–H and O–H groups in total. The molecule has 0 aromatic heterocycles. The van der Waals surface area contributed by atoms with E-state index in [9.17, 15) is 0 Å². The van der Waals surface area contributed by atoms with Gasteiger partial charge in [-0.2, -0.15) is 5.26 Å². The zero-order chi connectivity index (χ0) is 13.6. The highest BCUT2D eigenvalue weighted by Crippen LogP contribution is 2.23. The van der Waals surface area contributed by atoms with Crippen LogP contribution in [-0.4, -0.2) is 20.3 Å². The quantitative estimate of drug-likeness (QED) is 0.838. The van der Waals surface area contributed by atoms with Crippen molar-refractivity contribution in [3.8, 4) is 6.07 Å². The molecular weight excluding hydrogens is 224 g/mol. The summed E-state index contributed by atoms with van der Waals surface area (Å²) < 4.78 is 5.09. The van der Waals surface area contributed by atoms with Crippen LogP contribution in [0.2, 0.25) is 0 Å². The van der Waals surface area contributed by atoms with E-state index in [0.29, 0.717) is 5.92 Å². The Labute approximate surface area is 110 Å². The van der Waals surface area contributed by atoms with Crippen molar-refractivity contribution in [1.29, 1.82) is 5.26 Å². The van der Waals surface area contributed by atoms with Gasteiger partial charge in [0.15, 0.2) is 0 Å². The fraction of sp³-hybridized carbons (Fsp3) is 0.533. The Bertz CT molecular complexity index is 403. The summed E-state index contributed by atoms with van der Waals surface area (Å²) in [7, 11) is 1.72. The van der Waals surface area contributed by atoms with Crippen LogP contribution in [0.1, 0.15) is 26.3 Å². The first-order valence-electron chi connectivity index (χ1n) is 6.24. The minimum atomic E-state index is -0.429. The first-order chi connectivity index (χ1) is 8.49. The molecule has 3 heteroatoms. The van der Waals surface area contributed by atoms with Crippen LogP contribution in [0.5, 0.6) is 0 Å². The molecule has 0 aliphatic carbocycles. The standard InChI is InChI=1S/C15H22N2O/c1-12(10-18-4)9-17-14-7-5-13(6-8-14)15(2,3)11-16/h5-8,12,17H,9-10H2,1-4H3. The van der Waals surface area contributed by atoms with Crippen molar-refractivity contribution in [2.75, 3.05) is 25.6 Å². The van der Waals surface area contributed by atoms with E-state index in [0.717, 1.165) is 24.4 Å². The number of benzene rings is 1. The molecule has 1 aromatic carbocycles. The van der Waals surface area contributed by atoms with Gasteiger partial charge in [-0.15, -0.1) is 0 Å². The first-order valence-corrected chi connectivity index (χ1v) is 6.24. The van der Waals surface area contributed by atoms with Gasteiger partial charge in [-0.05, 0) is 37.5 Å². The van der Waals surface area contributed by atoms with Gasteiger partial charge in [0, 0.05) is 19.3 Å². The highest BCUT2D eigenvalue weighted by molar-refractivity contribution is 5.46. The van der Waals surface area contributed by atoms with Crippen LogP contribution in [0.4, 0.5) is 5.69 Å². The molecule has 1 aromatic rings. The van der Waals surface area contributed by atoms with Crippen molar-refractivity contribution >= 4 is 5.69 Å². The second kappa shape index (κ2) is 6.42. The molecule has 0 aliphatic rings. The number of rotatable bonds is 6. The van der Waals surface area contributed by atoms with Crippen LogP contribution >= 0.6 is 0 Å². The normalized spacial score (nSPS) is 12.8. The van der Waals surface area contributed by atoms with Crippen LogP contribution in [0.15, 0.2) is 24.3 Å². The second-order valence-corrected chi connectivity index (χ2v) is 5.26. The van der Waals surface area contributed by atoms with E-state index in [2.05, 4.69) is 18.3 Å². The summed E-state index contributed by atoms with van der Waals surface area (Å²) >= 11 is 0. The van der Waals surface area contributed by atoms with E-state index in [4.69, 9.17) is 10.00 Å². The number of methoxy groups -OCH3 is 1. The Morgan fingerprint density at radius 1 is 1.33 bits per heavy atom. The van der Waals surface area contributed by atoms with Gasteiger partial charge in [-0.25, -0.2) is 0 Å². The number of nitriles is 1. The molecule has 0 heterocycles. The summed E-state index contributed by atoms with van der Waals surface area (Å²) in [5.74, 6) is 0.477. The predicted octanol–water partition coefficient (Wildman–Crippen LogP) is 3.18. The molecule has 0 saturated carbocycles. The third-order valence-corrected chi connectivity index (χ3v) is 2.99. The molecule has 0 bridgehead atoms. The molecule has 0 radical (unpaired) electrons. The zero-order valence-corrected chi connectivity index (χ0v) is 11.7. The van der Waals surface area contributed by atoms with Gasteiger partial charge in [0.25, 0.3) is 0 Å². The highest BCUT2D eigenvalue weighted by atomic mass is 16.5. The lowest BCUT2D eigenvalue weighted by molar-refractivity contribution is 0.164. The number of hydrogen-bond donors (Lipinski definition) is 1. The van der Waals surface area contributed by atoms with Crippen LogP contribution in [-0.2, 0) is 10.2 Å². The Kier molecular flexibility index (Phi) is 5.18. The molecule has 18 heavy (non-hydrogen) atoms. The van der Waals surface area contributed by atoms with E-state index >= 15 is 0 Å². The van der Waals surface area contributed by atoms with Crippen LogP contribution in [0.25, 0.3) is 0 Å². The molecule has 0 aliphatic heterocycles. The van der Waals surface area contributed by atoms with Crippen LogP contribution in [0.3, 0.4) is 0 Å². The lowest BCUT2D eigenvalue weighted by atomic mass is 9.86. The Morgan fingerprint density at radius 3 is 2.44 bits per heavy atom. The number of nitrogens with zero attached hydrogens (tertiary/aromatic N) is 1. The van der Waals surface area contributed by atoms with E-state index < -0.39 is 5.41 Å². The first kappa shape index (κ1) is 14.5. The SMILES string of the molecule is COCC(C)CNc1ccc(C(C)(C)C#N)cc1. The number of hydrogen-bond acceptors (Lipinski definition) is 3. The topological polar surface area (TPSA) is 45.0 Å². The minimum Gasteiger partial charge on any atom is -0.385 e. The monoisotopic (exact) mass is 246 g/mol. The third-order valence-electron chi connectivity index (χ3n) is 2.99. The molecule has 0 spiro atoms. The number of ether oxygens (including phenoxy) is 1. The van der Waals surface area contributed by atoms with Crippen molar-refractivity contribution < 1.29 is 4.74 Å². The van der Waals surface area contributed by atoms with Crippen molar-refractivity contribution in [2.45, 2.75) is 26.2 Å². The summed E-state index contributed by atoms with van der Waals surface area (Å²) in [4.78, 5) is 0. The molecule has 98 valence electrons. The van der Waals surface area contributed by atoms with E-state index in [1.165, 1.54) is 0 Å². The van der Waals surface area contributed by atoms with Crippen molar-refractivity contribution in [3.63, 3.8) is 0 Å². The maximum Gasteiger partial charge on any atom is 0.0766 e. The van der Waals surface area contributed by atoms with Crippen LogP contribution < -0.4 is 5.32 Å². The molecule has 0 fully saturated rings. The minimum absolute atomic E-state index is 0.429. The van der Waals surface area contributed by atoms with Gasteiger partial charge in [-0.1, -0.05) is 19.1 Å². The van der Waals surface area contributed by atoms with Gasteiger partial charge in [-0.3, -0.25) is 0 Å². The molecule has 0 amide bonds. The predicted molar refractivity (Wildman–Crippen MR) is 74.6 cm³/mol. The highest BCUT2D eigenvalue weighted by Gasteiger charge is 2.18. The van der Waals surface area contributed by atoms with Crippen molar-refractivity contribution in [3.05, 3.63) is 29.8 Å². The molecule has 3 nitrogen and oxygen atoms in total. The van der Waals surface area contributed by atoms with Gasteiger partial charge < -0.3 is 10.1 Å². The summed E-state index contributed by atoms with van der Waals surface area (Å²) in [6, 6.07) is 10.4. The molecule has 1 rings (SSSR count). The zero-order valence-electron chi connectivity index (χ0n) is 11.7. The van der Waals surface area contributed by atoms with E-state index in [1.807, 2.05) is 38.1 Å². The fourth-order valence-corrected chi connectivity index (χ4v) is 1.70. The maximum atomic E-state index is 9.07. The Balaban J connectivity index is 2.59. The average molecular weight is 246 g/mol. The summed E-state index contributed by atoms with van der Waals surface area (Å²) in [6.07, 6.45) is 0. The van der Waals surface area contributed by atoms with Crippen molar-refractivity contribution in [1.82, 2.24) is 0 Å². The van der Waals surface area contributed by atoms with Crippen molar-refractivity contribution in [2.24, 2.45) is 5.92 Å². The Morgan fingerprint density at radius 2 is 1.94 bits per heavy atom. The smallest absolute Gasteiger partial charge is 0.0766 e. The lowest BCUT2D eigenvalue weighted by Crippen LogP contribution is -2.16. The summed E-state index contributed by atoms with van der Waals surface area (Å²) in [6.45, 7) is 7.64. The van der Waals surface area contributed by atoms with Gasteiger partial charge >= 0.3 is 0 Å². The maximum absolute atomic E-state index is 9.07. The largest absolute Gasteiger partial charge is 0.385 e. The summed E-state index contributed by atoms with van der Waals surface area (Å²) in [5, 5.41) is 12.4. The van der Waals surface area contributed by atoms with E-state index in [1.54, 1.807) is 7.11 Å². The van der Waals surface area contributed by atoms with E-state index in [-0.39, 0.29) is 0 Å². The molecule has 1 atom stereocenters. The second-order valence-electron chi connectivity index (χ2n) is 5.26. The fourth-order valence-electron chi connectivity index (χ4n) is 1.70. The molecule has 0 saturated heterocycles. The number of nitrogens with one attached hydrogen (secondary N) is 1. The lowest BCUT2D eigenvalue weighted by Gasteiger charge is -2.17. The third kappa shape index (κ3) is 4.05. The molecular formula is C15H22N2O. The van der Waals surface area contributed by atoms with Gasteiger partial charge in [0.1, 0.15) is 0 Å². The summed E-state index contributed by atoms with van der Waals surface area (Å²) in [5.41, 5.74) is 1.69.